The summed E-state index contributed by atoms with van der Waals surface area (Å²) in [6.07, 6.45) is 3.29. The van der Waals surface area contributed by atoms with Crippen LogP contribution in [0.15, 0.2) is 6.20 Å². The summed E-state index contributed by atoms with van der Waals surface area (Å²) >= 11 is 0. The van der Waals surface area contributed by atoms with Gasteiger partial charge in [-0.2, -0.15) is 4.98 Å². The quantitative estimate of drug-likeness (QED) is 0.575. The normalized spacial score (nSPS) is 10.3. The summed E-state index contributed by atoms with van der Waals surface area (Å²) in [6.45, 7) is 8.11. The standard InChI is InChI=1S/C12H21N5O2/c1-4-7-8-16(6-3)11-10(17(18)19)9-14-12(15-11)13-5-2/h9H,4-8H2,1-3H3,(H,13,14,15). The fourth-order valence-electron chi connectivity index (χ4n) is 1.73. The zero-order valence-corrected chi connectivity index (χ0v) is 11.7. The average molecular weight is 267 g/mol. The second kappa shape index (κ2) is 7.50. The highest BCUT2D eigenvalue weighted by Crippen LogP contribution is 2.26. The van der Waals surface area contributed by atoms with Crippen molar-refractivity contribution in [2.45, 2.75) is 33.6 Å². The minimum Gasteiger partial charge on any atom is -0.354 e. The second-order valence-electron chi connectivity index (χ2n) is 4.12. The molecule has 1 aromatic rings. The van der Waals surface area contributed by atoms with Crippen LogP contribution in [0.1, 0.15) is 33.6 Å². The van der Waals surface area contributed by atoms with Crippen molar-refractivity contribution in [2.75, 3.05) is 29.9 Å². The van der Waals surface area contributed by atoms with E-state index in [4.69, 9.17) is 0 Å². The monoisotopic (exact) mass is 267 g/mol. The Labute approximate surface area is 113 Å². The Bertz CT molecular complexity index is 425. The smallest absolute Gasteiger partial charge is 0.329 e. The molecule has 0 unspecified atom stereocenters. The molecule has 0 aliphatic rings. The molecular formula is C12H21N5O2. The lowest BCUT2D eigenvalue weighted by Gasteiger charge is -2.21. The Hall–Kier alpha value is -1.92. The molecule has 0 spiro atoms. The first-order valence-electron chi connectivity index (χ1n) is 6.64. The van der Waals surface area contributed by atoms with Gasteiger partial charge in [-0.05, 0) is 20.3 Å². The topological polar surface area (TPSA) is 84.2 Å². The molecule has 0 radical (unpaired) electrons. The zero-order chi connectivity index (χ0) is 14.3. The first-order valence-corrected chi connectivity index (χ1v) is 6.64. The van der Waals surface area contributed by atoms with E-state index in [1.165, 1.54) is 6.20 Å². The van der Waals surface area contributed by atoms with E-state index >= 15 is 0 Å². The molecule has 0 aliphatic heterocycles. The molecule has 19 heavy (non-hydrogen) atoms. The molecule has 0 saturated carbocycles. The van der Waals surface area contributed by atoms with Gasteiger partial charge in [0.25, 0.3) is 0 Å². The minimum atomic E-state index is -0.431. The van der Waals surface area contributed by atoms with Gasteiger partial charge in [0, 0.05) is 19.6 Å². The number of hydrogen-bond donors (Lipinski definition) is 1. The highest BCUT2D eigenvalue weighted by Gasteiger charge is 2.21. The van der Waals surface area contributed by atoms with Crippen molar-refractivity contribution in [1.82, 2.24) is 9.97 Å². The van der Waals surface area contributed by atoms with E-state index in [0.29, 0.717) is 24.9 Å². The summed E-state index contributed by atoms with van der Waals surface area (Å²) in [5.74, 6) is 0.824. The Morgan fingerprint density at radius 1 is 1.42 bits per heavy atom. The number of nitro groups is 1. The molecule has 0 aromatic carbocycles. The van der Waals surface area contributed by atoms with Gasteiger partial charge < -0.3 is 10.2 Å². The molecule has 0 fully saturated rings. The Kier molecular flexibility index (Phi) is 5.98. The molecular weight excluding hydrogens is 246 g/mol. The van der Waals surface area contributed by atoms with Gasteiger partial charge >= 0.3 is 5.69 Å². The lowest BCUT2D eigenvalue weighted by atomic mass is 10.3. The van der Waals surface area contributed by atoms with E-state index < -0.39 is 4.92 Å². The predicted molar refractivity (Wildman–Crippen MR) is 75.6 cm³/mol. The summed E-state index contributed by atoms with van der Waals surface area (Å²) in [6, 6.07) is 0. The molecule has 7 heteroatoms. The second-order valence-corrected chi connectivity index (χ2v) is 4.12. The van der Waals surface area contributed by atoms with Crippen LogP contribution in [0.4, 0.5) is 17.5 Å². The third kappa shape index (κ3) is 4.04. The molecule has 1 heterocycles. The van der Waals surface area contributed by atoms with Crippen LogP contribution in [0.5, 0.6) is 0 Å². The van der Waals surface area contributed by atoms with Crippen molar-refractivity contribution in [1.29, 1.82) is 0 Å². The SMILES string of the molecule is CCCCN(CC)c1nc(NCC)ncc1[N+](=O)[O-]. The van der Waals surface area contributed by atoms with Gasteiger partial charge in [-0.3, -0.25) is 10.1 Å². The highest BCUT2D eigenvalue weighted by molar-refractivity contribution is 5.58. The molecule has 106 valence electrons. The zero-order valence-electron chi connectivity index (χ0n) is 11.7. The summed E-state index contributed by atoms with van der Waals surface area (Å²) in [5.41, 5.74) is -0.0420. The summed E-state index contributed by atoms with van der Waals surface area (Å²) in [4.78, 5) is 20.8. The van der Waals surface area contributed by atoms with Crippen molar-refractivity contribution in [2.24, 2.45) is 0 Å². The Morgan fingerprint density at radius 3 is 2.68 bits per heavy atom. The molecule has 0 saturated heterocycles. The van der Waals surface area contributed by atoms with Crippen LogP contribution in [-0.2, 0) is 0 Å². The fourth-order valence-corrected chi connectivity index (χ4v) is 1.73. The largest absolute Gasteiger partial charge is 0.354 e. The van der Waals surface area contributed by atoms with Crippen LogP contribution in [-0.4, -0.2) is 34.5 Å². The van der Waals surface area contributed by atoms with E-state index in [0.717, 1.165) is 19.4 Å². The maximum Gasteiger partial charge on any atom is 0.329 e. The number of aromatic nitrogens is 2. The van der Waals surface area contributed by atoms with Crippen molar-refractivity contribution in [3.8, 4) is 0 Å². The van der Waals surface area contributed by atoms with Crippen molar-refractivity contribution in [3.05, 3.63) is 16.3 Å². The molecule has 1 aromatic heterocycles. The van der Waals surface area contributed by atoms with Crippen molar-refractivity contribution in [3.63, 3.8) is 0 Å². The van der Waals surface area contributed by atoms with E-state index in [1.807, 2.05) is 18.7 Å². The predicted octanol–water partition coefficient (Wildman–Crippen LogP) is 2.44. The number of nitrogens with one attached hydrogen (secondary N) is 1. The van der Waals surface area contributed by atoms with Gasteiger partial charge in [0.15, 0.2) is 0 Å². The number of hydrogen-bond acceptors (Lipinski definition) is 6. The van der Waals surface area contributed by atoms with Crippen LogP contribution in [0.3, 0.4) is 0 Å². The lowest BCUT2D eigenvalue weighted by molar-refractivity contribution is -0.384. The van der Waals surface area contributed by atoms with Crippen LogP contribution in [0, 0.1) is 10.1 Å². The molecule has 0 aliphatic carbocycles. The van der Waals surface area contributed by atoms with Gasteiger partial charge in [0.05, 0.1) is 4.92 Å². The number of nitrogens with zero attached hydrogens (tertiary/aromatic N) is 4. The molecule has 0 bridgehead atoms. The minimum absolute atomic E-state index is 0.0420. The maximum absolute atomic E-state index is 11.1. The molecule has 7 nitrogen and oxygen atoms in total. The lowest BCUT2D eigenvalue weighted by Crippen LogP contribution is -2.26. The first-order chi connectivity index (χ1) is 9.13. The van der Waals surface area contributed by atoms with Gasteiger partial charge in [-0.1, -0.05) is 13.3 Å². The summed E-state index contributed by atoms with van der Waals surface area (Å²) in [7, 11) is 0. The van der Waals surface area contributed by atoms with Crippen molar-refractivity contribution < 1.29 is 4.92 Å². The number of unbranched alkanes of at least 4 members (excludes halogenated alkanes) is 1. The molecule has 1 N–H and O–H groups in total. The molecule has 0 amide bonds. The Morgan fingerprint density at radius 2 is 2.16 bits per heavy atom. The maximum atomic E-state index is 11.1. The van der Waals surface area contributed by atoms with Gasteiger partial charge in [-0.15, -0.1) is 0 Å². The first kappa shape index (κ1) is 15.1. The van der Waals surface area contributed by atoms with Crippen LogP contribution >= 0.6 is 0 Å². The third-order valence-corrected chi connectivity index (χ3v) is 2.74. The summed E-state index contributed by atoms with van der Waals surface area (Å²) in [5, 5.41) is 14.0. The van der Waals surface area contributed by atoms with Gasteiger partial charge in [0.1, 0.15) is 6.20 Å². The number of rotatable bonds is 8. The summed E-state index contributed by atoms with van der Waals surface area (Å²) < 4.78 is 0. The highest BCUT2D eigenvalue weighted by atomic mass is 16.6. The van der Waals surface area contributed by atoms with E-state index in [1.54, 1.807) is 0 Å². The van der Waals surface area contributed by atoms with Crippen LogP contribution in [0.25, 0.3) is 0 Å². The molecule has 0 atom stereocenters. The van der Waals surface area contributed by atoms with Crippen LogP contribution in [0.2, 0.25) is 0 Å². The van der Waals surface area contributed by atoms with E-state index in [2.05, 4.69) is 22.2 Å². The fraction of sp³-hybridized carbons (Fsp3) is 0.667. The van der Waals surface area contributed by atoms with Crippen molar-refractivity contribution >= 4 is 17.5 Å². The third-order valence-electron chi connectivity index (χ3n) is 2.74. The Balaban J connectivity index is 3.10. The average Bonchev–Trinajstić information content (AvgIpc) is 2.40. The van der Waals surface area contributed by atoms with E-state index in [-0.39, 0.29) is 5.69 Å². The van der Waals surface area contributed by atoms with Crippen LogP contribution < -0.4 is 10.2 Å². The van der Waals surface area contributed by atoms with Gasteiger partial charge in [0.2, 0.25) is 11.8 Å². The molecule has 1 rings (SSSR count). The van der Waals surface area contributed by atoms with E-state index in [9.17, 15) is 10.1 Å². The number of anilines is 2. The van der Waals surface area contributed by atoms with Gasteiger partial charge in [-0.25, -0.2) is 4.98 Å².